The number of benzene rings is 1. The summed E-state index contributed by atoms with van der Waals surface area (Å²) in [5, 5.41) is 3.04. The molecule has 160 valence electrons. The number of aryl methyl sites for hydroxylation is 2. The lowest BCUT2D eigenvalue weighted by molar-refractivity contribution is -0.126. The van der Waals surface area contributed by atoms with Crippen LogP contribution in [0.4, 0.5) is 0 Å². The van der Waals surface area contributed by atoms with Gasteiger partial charge in [-0.15, -0.1) is 0 Å². The first-order chi connectivity index (χ1) is 14.4. The molecule has 1 aliphatic carbocycles. The molecule has 0 saturated carbocycles. The van der Waals surface area contributed by atoms with E-state index in [4.69, 9.17) is 0 Å². The summed E-state index contributed by atoms with van der Waals surface area (Å²) < 4.78 is 27.8. The number of rotatable bonds is 5. The lowest BCUT2D eigenvalue weighted by Gasteiger charge is -2.31. The second-order valence-corrected chi connectivity index (χ2v) is 10.3. The van der Waals surface area contributed by atoms with Gasteiger partial charge in [-0.25, -0.2) is 8.42 Å². The SMILES string of the molecule is CC(NC(=O)C1CCN(S(=O)(=O)c2ccc3c(c2)CCCC3)CC1)c1cccnc1. The second-order valence-electron chi connectivity index (χ2n) is 8.33. The molecule has 1 atom stereocenters. The van der Waals surface area contributed by atoms with Gasteiger partial charge in [0.25, 0.3) is 0 Å². The number of carbonyl (C=O) groups is 1. The maximum atomic E-state index is 13.1. The number of aromatic nitrogens is 1. The smallest absolute Gasteiger partial charge is 0.243 e. The van der Waals surface area contributed by atoms with Gasteiger partial charge in [0.05, 0.1) is 10.9 Å². The highest BCUT2D eigenvalue weighted by Crippen LogP contribution is 2.28. The van der Waals surface area contributed by atoms with E-state index in [1.54, 1.807) is 18.5 Å². The van der Waals surface area contributed by atoms with E-state index in [1.165, 1.54) is 21.9 Å². The van der Waals surface area contributed by atoms with Crippen molar-refractivity contribution in [2.45, 2.75) is 56.4 Å². The summed E-state index contributed by atoms with van der Waals surface area (Å²) in [7, 11) is -3.52. The molecule has 1 aromatic carbocycles. The Kier molecular flexibility index (Phi) is 6.20. The van der Waals surface area contributed by atoms with E-state index in [-0.39, 0.29) is 17.9 Å². The van der Waals surface area contributed by atoms with E-state index in [1.807, 2.05) is 31.2 Å². The van der Waals surface area contributed by atoms with Crippen LogP contribution >= 0.6 is 0 Å². The van der Waals surface area contributed by atoms with Crippen molar-refractivity contribution in [1.82, 2.24) is 14.6 Å². The van der Waals surface area contributed by atoms with Crippen molar-refractivity contribution in [3.63, 3.8) is 0 Å². The average molecular weight is 428 g/mol. The van der Waals surface area contributed by atoms with E-state index >= 15 is 0 Å². The summed E-state index contributed by atoms with van der Waals surface area (Å²) in [5.74, 6) is -0.184. The van der Waals surface area contributed by atoms with Crippen molar-refractivity contribution in [2.24, 2.45) is 5.92 Å². The number of nitrogens with one attached hydrogen (secondary N) is 1. The van der Waals surface area contributed by atoms with E-state index in [0.717, 1.165) is 24.8 Å². The number of carbonyl (C=O) groups excluding carboxylic acids is 1. The van der Waals surface area contributed by atoms with Crippen molar-refractivity contribution in [1.29, 1.82) is 0 Å². The Morgan fingerprint density at radius 1 is 1.13 bits per heavy atom. The molecule has 2 aliphatic rings. The fourth-order valence-corrected chi connectivity index (χ4v) is 5.95. The van der Waals surface area contributed by atoms with Gasteiger partial charge < -0.3 is 5.32 Å². The quantitative estimate of drug-likeness (QED) is 0.795. The van der Waals surface area contributed by atoms with Crippen molar-refractivity contribution in [2.75, 3.05) is 13.1 Å². The number of sulfonamides is 1. The molecule has 1 fully saturated rings. The first-order valence-corrected chi connectivity index (χ1v) is 12.2. The van der Waals surface area contributed by atoms with E-state index in [2.05, 4.69) is 10.3 Å². The van der Waals surface area contributed by atoms with Crippen molar-refractivity contribution < 1.29 is 13.2 Å². The van der Waals surface area contributed by atoms with E-state index < -0.39 is 10.0 Å². The molecule has 0 radical (unpaired) electrons. The van der Waals surface area contributed by atoms with Crippen molar-refractivity contribution >= 4 is 15.9 Å². The largest absolute Gasteiger partial charge is 0.349 e. The minimum absolute atomic E-state index is 0.0165. The molecular weight excluding hydrogens is 398 g/mol. The van der Waals surface area contributed by atoms with Gasteiger partial charge in [-0.05, 0) is 80.3 Å². The van der Waals surface area contributed by atoms with Gasteiger partial charge in [0.15, 0.2) is 0 Å². The third kappa shape index (κ3) is 4.42. The highest BCUT2D eigenvalue weighted by molar-refractivity contribution is 7.89. The van der Waals surface area contributed by atoms with Crippen LogP contribution in [0.15, 0.2) is 47.6 Å². The maximum Gasteiger partial charge on any atom is 0.243 e. The molecule has 1 saturated heterocycles. The zero-order valence-electron chi connectivity index (χ0n) is 17.4. The predicted molar refractivity (Wildman–Crippen MR) is 115 cm³/mol. The molecule has 7 heteroatoms. The standard InChI is InChI=1S/C23H29N3O3S/c1-17(21-7-4-12-24-16-21)25-23(27)19-10-13-26(14-11-19)30(28,29)22-9-8-18-5-2-3-6-20(18)15-22/h4,7-9,12,15-17,19H,2-3,5-6,10-11,13-14H2,1H3,(H,25,27). The summed E-state index contributed by atoms with van der Waals surface area (Å²) in [6, 6.07) is 9.24. The Morgan fingerprint density at radius 3 is 2.57 bits per heavy atom. The Morgan fingerprint density at radius 2 is 1.87 bits per heavy atom. The third-order valence-electron chi connectivity index (χ3n) is 6.33. The maximum absolute atomic E-state index is 13.1. The summed E-state index contributed by atoms with van der Waals surface area (Å²) in [6.07, 6.45) is 8.81. The fraction of sp³-hybridized carbons (Fsp3) is 0.478. The predicted octanol–water partition coefficient (Wildman–Crippen LogP) is 3.24. The van der Waals surface area contributed by atoms with Gasteiger partial charge in [-0.1, -0.05) is 12.1 Å². The Bertz CT molecular complexity index is 1000. The van der Waals surface area contributed by atoms with Gasteiger partial charge in [0, 0.05) is 31.4 Å². The average Bonchev–Trinajstić information content (AvgIpc) is 2.79. The van der Waals surface area contributed by atoms with Gasteiger partial charge >= 0.3 is 0 Å². The van der Waals surface area contributed by atoms with Crippen LogP contribution in [0.3, 0.4) is 0 Å². The normalized spacial score (nSPS) is 19.1. The number of amides is 1. The van der Waals surface area contributed by atoms with Crippen LogP contribution in [0, 0.1) is 5.92 Å². The summed E-state index contributed by atoms with van der Waals surface area (Å²) in [4.78, 5) is 17.1. The zero-order valence-corrected chi connectivity index (χ0v) is 18.2. The first-order valence-electron chi connectivity index (χ1n) is 10.8. The van der Waals surface area contributed by atoms with E-state index in [0.29, 0.717) is 30.8 Å². The molecule has 0 bridgehead atoms. The summed E-state index contributed by atoms with van der Waals surface area (Å²) in [6.45, 7) is 2.68. The van der Waals surface area contributed by atoms with E-state index in [9.17, 15) is 13.2 Å². The fourth-order valence-electron chi connectivity index (χ4n) is 4.42. The molecule has 4 rings (SSSR count). The Labute approximate surface area is 178 Å². The summed E-state index contributed by atoms with van der Waals surface area (Å²) >= 11 is 0. The molecule has 1 aliphatic heterocycles. The molecule has 30 heavy (non-hydrogen) atoms. The number of pyridine rings is 1. The minimum Gasteiger partial charge on any atom is -0.349 e. The first kappa shape index (κ1) is 21.0. The molecule has 1 N–H and O–H groups in total. The van der Waals surface area contributed by atoms with Crippen LogP contribution in [-0.2, 0) is 27.7 Å². The molecular formula is C23H29N3O3S. The van der Waals surface area contributed by atoms with Crippen LogP contribution in [0.2, 0.25) is 0 Å². The van der Waals surface area contributed by atoms with Crippen molar-refractivity contribution in [3.05, 3.63) is 59.4 Å². The van der Waals surface area contributed by atoms with Crippen LogP contribution in [-0.4, -0.2) is 36.7 Å². The number of nitrogens with zero attached hydrogens (tertiary/aromatic N) is 2. The Hall–Kier alpha value is -2.25. The van der Waals surface area contributed by atoms with Crippen LogP contribution < -0.4 is 5.32 Å². The van der Waals surface area contributed by atoms with Crippen LogP contribution in [0.25, 0.3) is 0 Å². The lowest BCUT2D eigenvalue weighted by Crippen LogP contribution is -2.43. The topological polar surface area (TPSA) is 79.4 Å². The van der Waals surface area contributed by atoms with Crippen molar-refractivity contribution in [3.8, 4) is 0 Å². The number of fused-ring (bicyclic) bond motifs is 1. The highest BCUT2D eigenvalue weighted by Gasteiger charge is 2.33. The van der Waals surface area contributed by atoms with Gasteiger partial charge in [-0.2, -0.15) is 4.31 Å². The number of hydrogen-bond donors (Lipinski definition) is 1. The molecule has 6 nitrogen and oxygen atoms in total. The zero-order chi connectivity index (χ0) is 21.1. The molecule has 1 aromatic heterocycles. The number of hydrogen-bond acceptors (Lipinski definition) is 4. The summed E-state index contributed by atoms with van der Waals surface area (Å²) in [5.41, 5.74) is 3.40. The van der Waals surface area contributed by atoms with Crippen LogP contribution in [0.1, 0.15) is 55.3 Å². The number of piperidine rings is 1. The third-order valence-corrected chi connectivity index (χ3v) is 8.22. The molecule has 0 spiro atoms. The molecule has 2 aromatic rings. The highest BCUT2D eigenvalue weighted by atomic mass is 32.2. The second kappa shape index (κ2) is 8.86. The molecule has 1 unspecified atom stereocenters. The lowest BCUT2D eigenvalue weighted by atomic mass is 9.92. The van der Waals surface area contributed by atoms with Crippen LogP contribution in [0.5, 0.6) is 0 Å². The molecule has 1 amide bonds. The Balaban J connectivity index is 1.37. The van der Waals surface area contributed by atoms with Gasteiger partial charge in [0.2, 0.25) is 15.9 Å². The van der Waals surface area contributed by atoms with Gasteiger partial charge in [0.1, 0.15) is 0 Å². The molecule has 2 heterocycles. The monoisotopic (exact) mass is 427 g/mol. The minimum atomic E-state index is -3.52. The van der Waals surface area contributed by atoms with Gasteiger partial charge in [-0.3, -0.25) is 9.78 Å².